The highest BCUT2D eigenvalue weighted by Crippen LogP contribution is 2.30. The van der Waals surface area contributed by atoms with Crippen molar-refractivity contribution in [3.05, 3.63) is 100 Å². The summed E-state index contributed by atoms with van der Waals surface area (Å²) in [5, 5.41) is 13.9. The summed E-state index contributed by atoms with van der Waals surface area (Å²) in [6.07, 6.45) is 1.04. The molecule has 5 rings (SSSR count). The van der Waals surface area contributed by atoms with Gasteiger partial charge in [-0.3, -0.25) is 14.9 Å². The molecule has 0 saturated carbocycles. The summed E-state index contributed by atoms with van der Waals surface area (Å²) in [4.78, 5) is 28.0. The molecule has 0 radical (unpaired) electrons. The third kappa shape index (κ3) is 4.61. The fourth-order valence-electron chi connectivity index (χ4n) is 3.92. The minimum absolute atomic E-state index is 0.0537. The van der Waals surface area contributed by atoms with Gasteiger partial charge in [0, 0.05) is 28.9 Å². The van der Waals surface area contributed by atoms with E-state index < -0.39 is 10.8 Å². The summed E-state index contributed by atoms with van der Waals surface area (Å²) in [5.41, 5.74) is 4.45. The van der Waals surface area contributed by atoms with E-state index in [0.717, 1.165) is 17.5 Å². The first-order valence-electron chi connectivity index (χ1n) is 11.6. The maximum atomic E-state index is 12.8. The van der Waals surface area contributed by atoms with Crippen molar-refractivity contribution < 1.29 is 18.6 Å². The lowest BCUT2D eigenvalue weighted by molar-refractivity contribution is -0.384. The molecule has 0 spiro atoms. The molecular formula is C28H23N3O5. The lowest BCUT2D eigenvalue weighted by Gasteiger charge is -2.07. The Balaban J connectivity index is 1.35. The summed E-state index contributed by atoms with van der Waals surface area (Å²) in [6, 6.07) is 22.5. The van der Waals surface area contributed by atoms with Gasteiger partial charge < -0.3 is 14.2 Å². The third-order valence-corrected chi connectivity index (χ3v) is 6.13. The van der Waals surface area contributed by atoms with Crippen molar-refractivity contribution in [2.24, 2.45) is 0 Å². The zero-order chi connectivity index (χ0) is 25.2. The molecule has 0 bridgehead atoms. The molecule has 2 heterocycles. The van der Waals surface area contributed by atoms with E-state index in [2.05, 4.69) is 36.3 Å². The second-order valence-corrected chi connectivity index (χ2v) is 8.56. The Morgan fingerprint density at radius 2 is 1.81 bits per heavy atom. The molecule has 0 aliphatic carbocycles. The molecule has 1 atom stereocenters. The van der Waals surface area contributed by atoms with Crippen molar-refractivity contribution in [1.29, 1.82) is 0 Å². The quantitative estimate of drug-likeness (QED) is 0.191. The van der Waals surface area contributed by atoms with E-state index in [1.165, 1.54) is 23.8 Å². The maximum absolute atomic E-state index is 12.8. The normalized spacial score (nSPS) is 11.9. The average molecular weight is 482 g/mol. The van der Waals surface area contributed by atoms with Crippen molar-refractivity contribution >= 4 is 28.4 Å². The van der Waals surface area contributed by atoms with Crippen LogP contribution in [0, 0.1) is 10.1 Å². The number of rotatable bonds is 7. The smallest absolute Gasteiger partial charge is 0.291 e. The summed E-state index contributed by atoms with van der Waals surface area (Å²) >= 11 is 0. The number of furan rings is 1. The predicted octanol–water partition coefficient (Wildman–Crippen LogP) is 7.43. The van der Waals surface area contributed by atoms with Crippen molar-refractivity contribution in [2.75, 3.05) is 5.32 Å². The molecule has 0 aliphatic heterocycles. The molecule has 0 saturated heterocycles. The molecule has 1 N–H and O–H groups in total. The molecule has 8 nitrogen and oxygen atoms in total. The Morgan fingerprint density at radius 1 is 1.00 bits per heavy atom. The Labute approximate surface area is 206 Å². The first-order valence-corrected chi connectivity index (χ1v) is 11.6. The topological polar surface area (TPSA) is 111 Å². The van der Waals surface area contributed by atoms with Gasteiger partial charge in [0.15, 0.2) is 11.3 Å². The third-order valence-electron chi connectivity index (χ3n) is 6.13. The van der Waals surface area contributed by atoms with E-state index in [9.17, 15) is 14.9 Å². The van der Waals surface area contributed by atoms with Crippen LogP contribution in [0.2, 0.25) is 0 Å². The molecule has 0 fully saturated rings. The molecule has 8 heteroatoms. The van der Waals surface area contributed by atoms with E-state index >= 15 is 0 Å². The van der Waals surface area contributed by atoms with E-state index in [0.29, 0.717) is 34.4 Å². The zero-order valence-corrected chi connectivity index (χ0v) is 19.7. The number of fused-ring (bicyclic) bond motifs is 1. The SMILES string of the molecule is CCC(C)c1ccc2oc(-c3cccc(NC(=O)c4ccc(-c5cccc([N+](=O)[O-])c5)o4)c3)nc2c1. The highest BCUT2D eigenvalue weighted by atomic mass is 16.6. The first-order chi connectivity index (χ1) is 17.4. The van der Waals surface area contributed by atoms with Gasteiger partial charge in [-0.25, -0.2) is 4.98 Å². The van der Waals surface area contributed by atoms with Crippen LogP contribution in [0.5, 0.6) is 0 Å². The second-order valence-electron chi connectivity index (χ2n) is 8.56. The molecule has 5 aromatic rings. The van der Waals surface area contributed by atoms with Crippen LogP contribution in [0.3, 0.4) is 0 Å². The van der Waals surface area contributed by atoms with E-state index in [4.69, 9.17) is 8.83 Å². The van der Waals surface area contributed by atoms with Gasteiger partial charge in [-0.1, -0.05) is 38.1 Å². The predicted molar refractivity (Wildman–Crippen MR) is 137 cm³/mol. The van der Waals surface area contributed by atoms with Gasteiger partial charge in [0.05, 0.1) is 4.92 Å². The van der Waals surface area contributed by atoms with Crippen molar-refractivity contribution in [3.63, 3.8) is 0 Å². The highest BCUT2D eigenvalue weighted by molar-refractivity contribution is 6.02. The first kappa shape index (κ1) is 23.0. The number of benzene rings is 3. The lowest BCUT2D eigenvalue weighted by Crippen LogP contribution is -2.10. The van der Waals surface area contributed by atoms with Gasteiger partial charge in [0.2, 0.25) is 5.89 Å². The fourth-order valence-corrected chi connectivity index (χ4v) is 3.92. The highest BCUT2D eigenvalue weighted by Gasteiger charge is 2.16. The van der Waals surface area contributed by atoms with Crippen LogP contribution < -0.4 is 5.32 Å². The fraction of sp³-hybridized carbons (Fsp3) is 0.143. The molecular weight excluding hydrogens is 458 g/mol. The summed E-state index contributed by atoms with van der Waals surface area (Å²) in [7, 11) is 0. The molecule has 1 amide bonds. The molecule has 2 aromatic heterocycles. The molecule has 0 aliphatic rings. The van der Waals surface area contributed by atoms with Crippen LogP contribution >= 0.6 is 0 Å². The van der Waals surface area contributed by atoms with Gasteiger partial charge in [-0.05, 0) is 60.4 Å². The van der Waals surface area contributed by atoms with Crippen LogP contribution in [0.25, 0.3) is 33.9 Å². The second kappa shape index (κ2) is 9.50. The van der Waals surface area contributed by atoms with Crippen molar-refractivity contribution in [1.82, 2.24) is 4.98 Å². The van der Waals surface area contributed by atoms with Gasteiger partial charge in [0.25, 0.3) is 11.6 Å². The number of aromatic nitrogens is 1. The number of anilines is 1. The van der Waals surface area contributed by atoms with Gasteiger partial charge in [-0.15, -0.1) is 0 Å². The number of nitrogens with one attached hydrogen (secondary N) is 1. The van der Waals surface area contributed by atoms with E-state index in [-0.39, 0.29) is 11.4 Å². The van der Waals surface area contributed by atoms with Gasteiger partial charge in [0.1, 0.15) is 11.3 Å². The standard InChI is InChI=1S/C28H23N3O5/c1-3-17(2)18-10-11-25-23(16-18)30-28(36-25)20-7-4-8-21(14-20)29-27(32)26-13-12-24(35-26)19-6-5-9-22(15-19)31(33)34/h4-17H,3H2,1-2H3,(H,29,32). The number of hydrogen-bond donors (Lipinski definition) is 1. The van der Waals surface area contributed by atoms with Crippen molar-refractivity contribution in [3.8, 4) is 22.8 Å². The minimum Gasteiger partial charge on any atom is -0.451 e. The number of non-ortho nitro benzene ring substituents is 1. The lowest BCUT2D eigenvalue weighted by atomic mass is 9.98. The number of amides is 1. The maximum Gasteiger partial charge on any atom is 0.291 e. The molecule has 3 aromatic carbocycles. The summed E-state index contributed by atoms with van der Waals surface area (Å²) in [6.45, 7) is 4.33. The van der Waals surface area contributed by atoms with Crippen molar-refractivity contribution in [2.45, 2.75) is 26.2 Å². The molecule has 180 valence electrons. The van der Waals surface area contributed by atoms with E-state index in [1.807, 2.05) is 12.1 Å². The number of nitro benzene ring substituents is 1. The Kier molecular flexibility index (Phi) is 6.08. The molecule has 1 unspecified atom stereocenters. The Bertz CT molecular complexity index is 1580. The van der Waals surface area contributed by atoms with Crippen LogP contribution in [0.1, 0.15) is 42.3 Å². The van der Waals surface area contributed by atoms with E-state index in [1.54, 1.807) is 36.4 Å². The minimum atomic E-state index is -0.478. The monoisotopic (exact) mass is 481 g/mol. The van der Waals surface area contributed by atoms with Gasteiger partial charge >= 0.3 is 0 Å². The number of nitrogens with zero attached hydrogens (tertiary/aromatic N) is 2. The van der Waals surface area contributed by atoms with Crippen LogP contribution in [0.4, 0.5) is 11.4 Å². The van der Waals surface area contributed by atoms with Crippen LogP contribution in [-0.2, 0) is 0 Å². The largest absolute Gasteiger partial charge is 0.451 e. The zero-order valence-electron chi connectivity index (χ0n) is 19.7. The molecule has 36 heavy (non-hydrogen) atoms. The number of oxazole rings is 1. The number of nitro groups is 1. The average Bonchev–Trinajstić information content (AvgIpc) is 3.56. The Hall–Kier alpha value is -4.72. The summed E-state index contributed by atoms with van der Waals surface area (Å²) in [5.74, 6) is 0.905. The Morgan fingerprint density at radius 3 is 2.61 bits per heavy atom. The number of carbonyl (C=O) groups excluding carboxylic acids is 1. The van der Waals surface area contributed by atoms with Crippen LogP contribution in [-0.4, -0.2) is 15.8 Å². The number of carbonyl (C=O) groups is 1. The summed E-state index contributed by atoms with van der Waals surface area (Å²) < 4.78 is 11.6. The van der Waals surface area contributed by atoms with Crippen LogP contribution in [0.15, 0.2) is 87.7 Å². The number of hydrogen-bond acceptors (Lipinski definition) is 6. The van der Waals surface area contributed by atoms with Gasteiger partial charge in [-0.2, -0.15) is 0 Å².